The second-order valence-corrected chi connectivity index (χ2v) is 6.84. The molecule has 0 saturated heterocycles. The third-order valence-electron chi connectivity index (χ3n) is 3.88. The Kier molecular flexibility index (Phi) is 5.48. The highest BCUT2D eigenvalue weighted by Crippen LogP contribution is 2.18. The quantitative estimate of drug-likeness (QED) is 0.494. The van der Waals surface area contributed by atoms with E-state index in [-0.39, 0.29) is 18.3 Å². The molecule has 2 heterocycles. The lowest BCUT2D eigenvalue weighted by Crippen LogP contribution is -2.30. The number of nitrogens with one attached hydrogen (secondary N) is 2. The predicted molar refractivity (Wildman–Crippen MR) is 99.6 cm³/mol. The Morgan fingerprint density at radius 2 is 1.88 bits per heavy atom. The molecule has 0 spiro atoms. The van der Waals surface area contributed by atoms with Gasteiger partial charge in [0.05, 0.1) is 4.88 Å². The van der Waals surface area contributed by atoms with Gasteiger partial charge in [0, 0.05) is 23.6 Å². The number of para-hydroxylation sites is 1. The lowest BCUT2D eigenvalue weighted by atomic mass is 10.1. The molecule has 0 aliphatic carbocycles. The van der Waals surface area contributed by atoms with E-state index in [0.717, 1.165) is 27.8 Å². The third-order valence-corrected chi connectivity index (χ3v) is 5.05. The number of amides is 1. The van der Waals surface area contributed by atoms with E-state index in [1.165, 1.54) is 13.0 Å². The Morgan fingerprint density at radius 1 is 1.12 bits per heavy atom. The topological polar surface area (TPSA) is 88.3 Å². The van der Waals surface area contributed by atoms with E-state index in [0.29, 0.717) is 22.7 Å². The van der Waals surface area contributed by atoms with Crippen molar-refractivity contribution in [1.29, 1.82) is 0 Å². The van der Waals surface area contributed by atoms with Gasteiger partial charge >= 0.3 is 5.97 Å². The smallest absolute Gasteiger partial charge is 0.348 e. The Labute approximate surface area is 154 Å². The van der Waals surface area contributed by atoms with Crippen molar-refractivity contribution in [2.45, 2.75) is 13.3 Å². The first-order valence-electron chi connectivity index (χ1n) is 8.14. The molecule has 1 aromatic carbocycles. The van der Waals surface area contributed by atoms with E-state index in [4.69, 9.17) is 4.74 Å². The number of rotatable bonds is 7. The number of hydrogen-bond donors (Lipinski definition) is 2. The number of carbonyl (C=O) groups excluding carboxylic acids is 3. The van der Waals surface area contributed by atoms with E-state index in [2.05, 4.69) is 10.3 Å². The van der Waals surface area contributed by atoms with Crippen LogP contribution in [0, 0.1) is 0 Å². The Morgan fingerprint density at radius 3 is 2.65 bits per heavy atom. The summed E-state index contributed by atoms with van der Waals surface area (Å²) >= 11 is 1.06. The van der Waals surface area contributed by atoms with E-state index in [1.54, 1.807) is 6.07 Å². The average molecular weight is 370 g/mol. The number of H-pyrrole nitrogens is 1. The van der Waals surface area contributed by atoms with Crippen LogP contribution in [0.1, 0.15) is 31.8 Å². The molecular formula is C19H18N2O4S. The zero-order valence-corrected chi connectivity index (χ0v) is 15.0. The van der Waals surface area contributed by atoms with Crippen LogP contribution in [0.3, 0.4) is 0 Å². The molecule has 0 bridgehead atoms. The minimum absolute atomic E-state index is 0.107. The normalized spacial score (nSPS) is 10.7. The summed E-state index contributed by atoms with van der Waals surface area (Å²) in [5.41, 5.74) is 2.18. The molecule has 26 heavy (non-hydrogen) atoms. The van der Waals surface area contributed by atoms with Gasteiger partial charge in [0.25, 0.3) is 5.91 Å². The Hall–Kier alpha value is -2.93. The highest BCUT2D eigenvalue weighted by molar-refractivity contribution is 7.15. The summed E-state index contributed by atoms with van der Waals surface area (Å²) in [6.07, 6.45) is 2.61. The van der Waals surface area contributed by atoms with E-state index < -0.39 is 5.97 Å². The van der Waals surface area contributed by atoms with Crippen molar-refractivity contribution in [3.8, 4) is 0 Å². The van der Waals surface area contributed by atoms with Gasteiger partial charge < -0.3 is 15.0 Å². The largest absolute Gasteiger partial charge is 0.451 e. The summed E-state index contributed by atoms with van der Waals surface area (Å²) in [7, 11) is 0. The molecule has 2 aromatic heterocycles. The molecule has 134 valence electrons. The van der Waals surface area contributed by atoms with Crippen LogP contribution < -0.4 is 5.32 Å². The fourth-order valence-electron chi connectivity index (χ4n) is 2.57. The number of carbonyl (C=O) groups is 3. The first kappa shape index (κ1) is 17.9. The second-order valence-electron chi connectivity index (χ2n) is 5.76. The van der Waals surface area contributed by atoms with E-state index >= 15 is 0 Å². The van der Waals surface area contributed by atoms with Gasteiger partial charge in [-0.25, -0.2) is 4.79 Å². The zero-order valence-electron chi connectivity index (χ0n) is 14.2. The molecule has 0 atom stereocenters. The van der Waals surface area contributed by atoms with Gasteiger partial charge in [-0.2, -0.15) is 0 Å². The Balaban J connectivity index is 1.44. The molecule has 0 aliphatic heterocycles. The first-order chi connectivity index (χ1) is 12.5. The standard InChI is InChI=1S/C19H18N2O4S/c1-12(22)16-6-7-17(26-16)19(24)25-11-18(23)20-9-8-13-10-21-15-5-3-2-4-14(13)15/h2-7,10,21H,8-9,11H2,1H3,(H,20,23). The summed E-state index contributed by atoms with van der Waals surface area (Å²) in [4.78, 5) is 38.9. The highest BCUT2D eigenvalue weighted by atomic mass is 32.1. The molecule has 0 unspecified atom stereocenters. The molecular weight excluding hydrogens is 352 g/mol. The average Bonchev–Trinajstić information content (AvgIpc) is 3.27. The number of hydrogen-bond acceptors (Lipinski definition) is 5. The molecule has 3 aromatic rings. The summed E-state index contributed by atoms with van der Waals surface area (Å²) in [5, 5.41) is 3.87. The lowest BCUT2D eigenvalue weighted by molar-refractivity contribution is -0.124. The van der Waals surface area contributed by atoms with Crippen molar-refractivity contribution in [2.75, 3.05) is 13.2 Å². The van der Waals surface area contributed by atoms with Gasteiger partial charge in [-0.05, 0) is 37.1 Å². The molecule has 6 nitrogen and oxygen atoms in total. The van der Waals surface area contributed by atoms with Crippen molar-refractivity contribution in [3.05, 3.63) is 57.9 Å². The number of Topliss-reactive ketones (excluding diaryl/α,β-unsaturated/α-hetero) is 1. The minimum Gasteiger partial charge on any atom is -0.451 e. The summed E-state index contributed by atoms with van der Waals surface area (Å²) in [6, 6.07) is 11.1. The minimum atomic E-state index is -0.603. The SMILES string of the molecule is CC(=O)c1ccc(C(=O)OCC(=O)NCCc2c[nH]c3ccccc23)s1. The highest BCUT2D eigenvalue weighted by Gasteiger charge is 2.14. The van der Waals surface area contributed by atoms with Crippen molar-refractivity contribution in [2.24, 2.45) is 0 Å². The number of ether oxygens (including phenoxy) is 1. The maximum absolute atomic E-state index is 11.9. The van der Waals surface area contributed by atoms with Crippen LogP contribution in [0.4, 0.5) is 0 Å². The van der Waals surface area contributed by atoms with Gasteiger partial charge in [-0.15, -0.1) is 11.3 Å². The number of fused-ring (bicyclic) bond motifs is 1. The molecule has 0 radical (unpaired) electrons. The van der Waals surface area contributed by atoms with Gasteiger partial charge in [0.1, 0.15) is 4.88 Å². The summed E-state index contributed by atoms with van der Waals surface area (Å²) in [6.45, 7) is 1.54. The Bertz CT molecular complexity index is 957. The monoisotopic (exact) mass is 370 g/mol. The lowest BCUT2D eigenvalue weighted by Gasteiger charge is -2.05. The van der Waals surface area contributed by atoms with Crippen LogP contribution in [0.15, 0.2) is 42.6 Å². The number of thiophene rings is 1. The van der Waals surface area contributed by atoms with Crippen LogP contribution in [-0.4, -0.2) is 35.8 Å². The van der Waals surface area contributed by atoms with Crippen molar-refractivity contribution in [1.82, 2.24) is 10.3 Å². The van der Waals surface area contributed by atoms with Crippen molar-refractivity contribution in [3.63, 3.8) is 0 Å². The second kappa shape index (κ2) is 7.97. The van der Waals surface area contributed by atoms with Crippen LogP contribution in [0.25, 0.3) is 10.9 Å². The van der Waals surface area contributed by atoms with Crippen LogP contribution in [0.2, 0.25) is 0 Å². The molecule has 0 aliphatic rings. The third kappa shape index (κ3) is 4.18. The van der Waals surface area contributed by atoms with Gasteiger partial charge in [-0.1, -0.05) is 18.2 Å². The van der Waals surface area contributed by atoms with Crippen molar-refractivity contribution >= 4 is 39.9 Å². The molecule has 2 N–H and O–H groups in total. The maximum Gasteiger partial charge on any atom is 0.348 e. The van der Waals surface area contributed by atoms with E-state index in [1.807, 2.05) is 30.5 Å². The van der Waals surface area contributed by atoms with Crippen LogP contribution in [-0.2, 0) is 16.0 Å². The number of benzene rings is 1. The van der Waals surface area contributed by atoms with Crippen LogP contribution >= 0.6 is 11.3 Å². The predicted octanol–water partition coefficient (Wildman–Crippen LogP) is 2.95. The van der Waals surface area contributed by atoms with Gasteiger partial charge in [0.15, 0.2) is 12.4 Å². The summed E-state index contributed by atoms with van der Waals surface area (Å²) < 4.78 is 4.98. The van der Waals surface area contributed by atoms with Gasteiger partial charge in [-0.3, -0.25) is 9.59 Å². The number of ketones is 1. The van der Waals surface area contributed by atoms with E-state index in [9.17, 15) is 14.4 Å². The summed E-state index contributed by atoms with van der Waals surface area (Å²) in [5.74, 6) is -1.07. The van der Waals surface area contributed by atoms with Crippen molar-refractivity contribution < 1.29 is 19.1 Å². The maximum atomic E-state index is 11.9. The number of aromatic nitrogens is 1. The fourth-order valence-corrected chi connectivity index (χ4v) is 3.36. The number of aromatic amines is 1. The first-order valence-corrected chi connectivity index (χ1v) is 8.96. The molecule has 1 amide bonds. The molecule has 7 heteroatoms. The molecule has 0 fully saturated rings. The molecule has 3 rings (SSSR count). The fraction of sp³-hybridized carbons (Fsp3) is 0.211. The van der Waals surface area contributed by atoms with Crippen LogP contribution in [0.5, 0.6) is 0 Å². The van der Waals surface area contributed by atoms with Gasteiger partial charge in [0.2, 0.25) is 0 Å². The number of esters is 1. The zero-order chi connectivity index (χ0) is 18.5. The molecule has 0 saturated carbocycles.